The zero-order valence-electron chi connectivity index (χ0n) is 7.63. The maximum Gasteiger partial charge on any atom is 0.176 e. The van der Waals surface area contributed by atoms with Crippen LogP contribution in [0, 0.1) is 17.1 Å². The first kappa shape index (κ1) is 9.10. The lowest BCUT2D eigenvalue weighted by Crippen LogP contribution is -2.13. The van der Waals surface area contributed by atoms with E-state index in [9.17, 15) is 4.39 Å². The Morgan fingerprint density at radius 2 is 2.50 bits per heavy atom. The van der Waals surface area contributed by atoms with Crippen molar-refractivity contribution >= 4 is 0 Å². The number of pyridine rings is 1. The highest BCUT2D eigenvalue weighted by atomic mass is 19.1. The molecule has 2 heterocycles. The van der Waals surface area contributed by atoms with Crippen molar-refractivity contribution < 1.29 is 4.39 Å². The Bertz CT molecular complexity index is 377. The summed E-state index contributed by atoms with van der Waals surface area (Å²) in [6, 6.07) is 3.30. The van der Waals surface area contributed by atoms with Gasteiger partial charge >= 0.3 is 0 Å². The maximum atomic E-state index is 13.2. The molecular formula is C10H10FN3. The van der Waals surface area contributed by atoms with Gasteiger partial charge in [-0.3, -0.25) is 0 Å². The van der Waals surface area contributed by atoms with Crippen LogP contribution in [0.1, 0.15) is 30.1 Å². The van der Waals surface area contributed by atoms with Gasteiger partial charge in [0.15, 0.2) is 11.5 Å². The highest BCUT2D eigenvalue weighted by molar-refractivity contribution is 5.27. The molecule has 4 heteroatoms. The molecular weight excluding hydrogens is 181 g/mol. The first-order chi connectivity index (χ1) is 6.81. The molecule has 0 spiro atoms. The first-order valence-corrected chi connectivity index (χ1v) is 4.60. The summed E-state index contributed by atoms with van der Waals surface area (Å²) < 4.78 is 13.2. The second-order valence-corrected chi connectivity index (χ2v) is 3.36. The summed E-state index contributed by atoms with van der Waals surface area (Å²) in [6.45, 7) is 0.965. The van der Waals surface area contributed by atoms with E-state index in [2.05, 4.69) is 10.3 Å². The molecule has 72 valence electrons. The minimum atomic E-state index is -0.529. The second kappa shape index (κ2) is 3.72. The Hall–Kier alpha value is -1.47. The number of aromatic nitrogens is 1. The molecule has 0 bridgehead atoms. The summed E-state index contributed by atoms with van der Waals surface area (Å²) in [5, 5.41) is 11.8. The summed E-state index contributed by atoms with van der Waals surface area (Å²) >= 11 is 0. The van der Waals surface area contributed by atoms with Crippen LogP contribution in [0.25, 0.3) is 0 Å². The molecule has 0 amide bonds. The quantitative estimate of drug-likeness (QED) is 0.732. The molecule has 0 saturated carbocycles. The number of halogens is 1. The number of rotatable bonds is 1. The standard InChI is InChI=1S/C10H10FN3/c11-8-4-7(6-14-10(8)5-12)9-2-1-3-13-9/h4,6,9,13H,1-3H2/t9-/m1/s1. The SMILES string of the molecule is N#Cc1ncc([C@H]2CCCN2)cc1F. The predicted molar refractivity (Wildman–Crippen MR) is 48.9 cm³/mol. The molecule has 3 nitrogen and oxygen atoms in total. The molecule has 1 saturated heterocycles. The Morgan fingerprint density at radius 3 is 3.07 bits per heavy atom. The van der Waals surface area contributed by atoms with E-state index in [0.29, 0.717) is 0 Å². The molecule has 0 radical (unpaired) electrons. The zero-order chi connectivity index (χ0) is 9.97. The molecule has 1 fully saturated rings. The highest BCUT2D eigenvalue weighted by Gasteiger charge is 2.17. The van der Waals surface area contributed by atoms with Crippen LogP contribution in [0.15, 0.2) is 12.3 Å². The lowest BCUT2D eigenvalue weighted by Gasteiger charge is -2.09. The summed E-state index contributed by atoms with van der Waals surface area (Å²) in [5.41, 5.74) is 0.700. The van der Waals surface area contributed by atoms with Gasteiger partial charge in [-0.25, -0.2) is 9.37 Å². The van der Waals surface area contributed by atoms with E-state index in [0.717, 1.165) is 24.9 Å². The molecule has 1 aromatic heterocycles. The number of hydrogen-bond acceptors (Lipinski definition) is 3. The number of nitrogens with one attached hydrogen (secondary N) is 1. The topological polar surface area (TPSA) is 48.7 Å². The van der Waals surface area contributed by atoms with Gasteiger partial charge in [0.25, 0.3) is 0 Å². The molecule has 1 N–H and O–H groups in total. The van der Waals surface area contributed by atoms with Gasteiger partial charge in [-0.15, -0.1) is 0 Å². The minimum absolute atomic E-state index is 0.133. The van der Waals surface area contributed by atoms with E-state index in [1.807, 2.05) is 0 Å². The van der Waals surface area contributed by atoms with E-state index in [1.165, 1.54) is 6.07 Å². The fourth-order valence-corrected chi connectivity index (χ4v) is 1.69. The molecule has 0 unspecified atom stereocenters. The molecule has 2 rings (SSSR count). The van der Waals surface area contributed by atoms with Crippen LogP contribution in [0.5, 0.6) is 0 Å². The van der Waals surface area contributed by atoms with Gasteiger partial charge in [0.1, 0.15) is 6.07 Å². The average Bonchev–Trinajstić information content (AvgIpc) is 2.70. The number of nitrogens with zero attached hydrogens (tertiary/aromatic N) is 2. The van der Waals surface area contributed by atoms with Crippen molar-refractivity contribution in [3.8, 4) is 6.07 Å². The monoisotopic (exact) mass is 191 g/mol. The zero-order valence-corrected chi connectivity index (χ0v) is 7.63. The normalized spacial score (nSPS) is 20.7. The first-order valence-electron chi connectivity index (χ1n) is 4.60. The van der Waals surface area contributed by atoms with Gasteiger partial charge in [-0.05, 0) is 31.0 Å². The smallest absolute Gasteiger partial charge is 0.176 e. The third-order valence-electron chi connectivity index (χ3n) is 2.43. The molecule has 1 aromatic rings. The fourth-order valence-electron chi connectivity index (χ4n) is 1.69. The summed E-state index contributed by atoms with van der Waals surface area (Å²) in [4.78, 5) is 3.77. The average molecular weight is 191 g/mol. The van der Waals surface area contributed by atoms with Crippen LogP contribution in [0.3, 0.4) is 0 Å². The van der Waals surface area contributed by atoms with Crippen LogP contribution in [-0.2, 0) is 0 Å². The van der Waals surface area contributed by atoms with Crippen LogP contribution >= 0.6 is 0 Å². The van der Waals surface area contributed by atoms with Crippen molar-refractivity contribution in [1.82, 2.24) is 10.3 Å². The van der Waals surface area contributed by atoms with Crippen LogP contribution < -0.4 is 5.32 Å². The van der Waals surface area contributed by atoms with Gasteiger partial charge in [0.05, 0.1) is 0 Å². The second-order valence-electron chi connectivity index (χ2n) is 3.36. The van der Waals surface area contributed by atoms with Gasteiger partial charge in [0.2, 0.25) is 0 Å². The maximum absolute atomic E-state index is 13.2. The third kappa shape index (κ3) is 1.59. The largest absolute Gasteiger partial charge is 0.310 e. The van der Waals surface area contributed by atoms with Gasteiger partial charge in [-0.2, -0.15) is 5.26 Å². The van der Waals surface area contributed by atoms with E-state index >= 15 is 0 Å². The summed E-state index contributed by atoms with van der Waals surface area (Å²) in [7, 11) is 0. The van der Waals surface area contributed by atoms with Gasteiger partial charge in [0, 0.05) is 12.2 Å². The fraction of sp³-hybridized carbons (Fsp3) is 0.400. The predicted octanol–water partition coefficient (Wildman–Crippen LogP) is 1.52. The number of nitriles is 1. The van der Waals surface area contributed by atoms with E-state index in [4.69, 9.17) is 5.26 Å². The van der Waals surface area contributed by atoms with Crippen LogP contribution in [0.2, 0.25) is 0 Å². The van der Waals surface area contributed by atoms with Gasteiger partial charge < -0.3 is 5.32 Å². The molecule has 1 aliphatic heterocycles. The van der Waals surface area contributed by atoms with Gasteiger partial charge in [-0.1, -0.05) is 0 Å². The molecule has 1 atom stereocenters. The lowest BCUT2D eigenvalue weighted by molar-refractivity contribution is 0.595. The summed E-state index contributed by atoms with van der Waals surface area (Å²) in [6.07, 6.45) is 3.68. The van der Waals surface area contributed by atoms with Crippen molar-refractivity contribution in [2.75, 3.05) is 6.54 Å². The Morgan fingerprint density at radius 1 is 1.64 bits per heavy atom. The van der Waals surface area contributed by atoms with E-state index < -0.39 is 5.82 Å². The summed E-state index contributed by atoms with van der Waals surface area (Å²) in [5.74, 6) is -0.529. The Kier molecular flexibility index (Phi) is 2.42. The van der Waals surface area contributed by atoms with Crippen molar-refractivity contribution in [1.29, 1.82) is 5.26 Å². The Labute approximate surface area is 81.6 Å². The van der Waals surface area contributed by atoms with Crippen molar-refractivity contribution in [2.24, 2.45) is 0 Å². The number of hydrogen-bond donors (Lipinski definition) is 1. The van der Waals surface area contributed by atoms with Crippen molar-refractivity contribution in [3.63, 3.8) is 0 Å². The van der Waals surface area contributed by atoms with E-state index in [1.54, 1.807) is 12.3 Å². The van der Waals surface area contributed by atoms with Crippen molar-refractivity contribution in [3.05, 3.63) is 29.3 Å². The highest BCUT2D eigenvalue weighted by Crippen LogP contribution is 2.23. The molecule has 14 heavy (non-hydrogen) atoms. The van der Waals surface area contributed by atoms with Crippen molar-refractivity contribution in [2.45, 2.75) is 18.9 Å². The Balaban J connectivity index is 2.28. The molecule has 0 aromatic carbocycles. The molecule has 1 aliphatic rings. The van der Waals surface area contributed by atoms with Crippen LogP contribution in [0.4, 0.5) is 4.39 Å². The lowest BCUT2D eigenvalue weighted by atomic mass is 10.1. The third-order valence-corrected chi connectivity index (χ3v) is 2.43. The van der Waals surface area contributed by atoms with E-state index in [-0.39, 0.29) is 11.7 Å². The minimum Gasteiger partial charge on any atom is -0.310 e. The van der Waals surface area contributed by atoms with Crippen LogP contribution in [-0.4, -0.2) is 11.5 Å². The molecule has 0 aliphatic carbocycles.